The summed E-state index contributed by atoms with van der Waals surface area (Å²) >= 11 is 6.60. The molecule has 0 aliphatic carbocycles. The van der Waals surface area contributed by atoms with Gasteiger partial charge in [-0.1, -0.05) is 0 Å². The van der Waals surface area contributed by atoms with Gasteiger partial charge in [0.05, 0.1) is 12.2 Å². The molecule has 2 N–H and O–H groups in total. The number of thiophene rings is 1. The molecule has 0 unspecified atom stereocenters. The number of aryl methyl sites for hydroxylation is 1. The zero-order valence-electron chi connectivity index (χ0n) is 13.6. The van der Waals surface area contributed by atoms with Gasteiger partial charge in [-0.25, -0.2) is 0 Å². The Labute approximate surface area is 150 Å². The molecule has 0 radical (unpaired) electrons. The number of nitrogens with one attached hydrogen (secondary N) is 2. The summed E-state index contributed by atoms with van der Waals surface area (Å²) in [4.78, 5) is 13.2. The molecule has 0 fully saturated rings. The molecule has 0 aliphatic rings. The van der Waals surface area contributed by atoms with E-state index < -0.39 is 0 Å². The first-order valence-electron chi connectivity index (χ1n) is 7.31. The quantitative estimate of drug-likeness (QED) is 0.813. The number of hydrogen-bond donors (Lipinski definition) is 2. The van der Waals surface area contributed by atoms with Crippen LogP contribution < -0.4 is 15.4 Å². The van der Waals surface area contributed by atoms with Crippen molar-refractivity contribution in [1.29, 1.82) is 5.26 Å². The Kier molecular flexibility index (Phi) is 5.90. The van der Waals surface area contributed by atoms with Gasteiger partial charge >= 0.3 is 0 Å². The average molecular weight is 359 g/mol. The first-order valence-corrected chi connectivity index (χ1v) is 8.54. The Morgan fingerprint density at radius 3 is 2.58 bits per heavy atom. The van der Waals surface area contributed by atoms with E-state index in [9.17, 15) is 10.1 Å². The van der Waals surface area contributed by atoms with Crippen LogP contribution in [-0.2, 0) is 0 Å². The number of anilines is 1. The summed E-state index contributed by atoms with van der Waals surface area (Å²) in [7, 11) is 0. The molecule has 7 heteroatoms. The van der Waals surface area contributed by atoms with Crippen LogP contribution in [0.15, 0.2) is 24.3 Å². The predicted octanol–water partition coefficient (Wildman–Crippen LogP) is 3.76. The topological polar surface area (TPSA) is 74.2 Å². The maximum absolute atomic E-state index is 12.2. The van der Waals surface area contributed by atoms with Gasteiger partial charge in [0.1, 0.15) is 16.8 Å². The molecule has 0 bridgehead atoms. The van der Waals surface area contributed by atoms with Crippen LogP contribution in [0.5, 0.6) is 5.75 Å². The minimum absolute atomic E-state index is 0.159. The van der Waals surface area contributed by atoms with Gasteiger partial charge in [0.15, 0.2) is 5.11 Å². The van der Waals surface area contributed by atoms with Crippen molar-refractivity contribution < 1.29 is 9.53 Å². The molecular formula is C17H17N3O2S2. The predicted molar refractivity (Wildman–Crippen MR) is 99.8 cm³/mol. The molecule has 124 valence electrons. The van der Waals surface area contributed by atoms with Crippen molar-refractivity contribution in [3.05, 3.63) is 45.8 Å². The Morgan fingerprint density at radius 1 is 1.33 bits per heavy atom. The number of amides is 1. The molecule has 1 aromatic heterocycles. The first-order chi connectivity index (χ1) is 11.5. The van der Waals surface area contributed by atoms with Crippen molar-refractivity contribution in [3.8, 4) is 11.8 Å². The zero-order chi connectivity index (χ0) is 17.7. The number of nitriles is 1. The highest BCUT2D eigenvalue weighted by Crippen LogP contribution is 2.31. The van der Waals surface area contributed by atoms with Gasteiger partial charge < -0.3 is 10.1 Å². The van der Waals surface area contributed by atoms with E-state index in [-0.39, 0.29) is 11.0 Å². The van der Waals surface area contributed by atoms with Gasteiger partial charge in [0.2, 0.25) is 0 Å². The van der Waals surface area contributed by atoms with Crippen molar-refractivity contribution in [2.24, 2.45) is 0 Å². The van der Waals surface area contributed by atoms with Crippen molar-refractivity contribution in [2.75, 3.05) is 11.9 Å². The summed E-state index contributed by atoms with van der Waals surface area (Å²) in [5.41, 5.74) is 1.95. The Morgan fingerprint density at radius 2 is 2.00 bits per heavy atom. The van der Waals surface area contributed by atoms with Crippen LogP contribution in [-0.4, -0.2) is 17.6 Å². The van der Waals surface area contributed by atoms with Gasteiger partial charge in [-0.05, 0) is 62.8 Å². The molecular weight excluding hydrogens is 342 g/mol. The van der Waals surface area contributed by atoms with Crippen LogP contribution in [0.4, 0.5) is 5.00 Å². The number of rotatable bonds is 4. The number of thiocarbonyl (C=S) groups is 1. The van der Waals surface area contributed by atoms with E-state index in [1.54, 1.807) is 24.3 Å². The molecule has 0 spiro atoms. The highest BCUT2D eigenvalue weighted by Gasteiger charge is 2.14. The van der Waals surface area contributed by atoms with E-state index in [1.165, 1.54) is 11.3 Å². The number of hydrogen-bond acceptors (Lipinski definition) is 5. The van der Waals surface area contributed by atoms with Crippen molar-refractivity contribution >= 4 is 39.6 Å². The summed E-state index contributed by atoms with van der Waals surface area (Å²) in [5, 5.41) is 15.6. The maximum atomic E-state index is 12.2. The van der Waals surface area contributed by atoms with Crippen molar-refractivity contribution in [2.45, 2.75) is 20.8 Å². The largest absolute Gasteiger partial charge is 0.494 e. The monoisotopic (exact) mass is 359 g/mol. The molecule has 1 heterocycles. The van der Waals surface area contributed by atoms with Crippen LogP contribution in [0.25, 0.3) is 0 Å². The smallest absolute Gasteiger partial charge is 0.257 e. The Hall–Kier alpha value is -2.43. The first kappa shape index (κ1) is 17.9. The molecule has 0 saturated carbocycles. The number of nitrogens with zero attached hydrogens (tertiary/aromatic N) is 1. The second-order valence-electron chi connectivity index (χ2n) is 4.96. The lowest BCUT2D eigenvalue weighted by atomic mass is 10.2. The molecule has 5 nitrogen and oxygen atoms in total. The van der Waals surface area contributed by atoms with Crippen LogP contribution in [0.1, 0.15) is 33.3 Å². The zero-order valence-corrected chi connectivity index (χ0v) is 15.2. The van der Waals surface area contributed by atoms with Crippen molar-refractivity contribution in [3.63, 3.8) is 0 Å². The highest BCUT2D eigenvalue weighted by atomic mass is 32.1. The second kappa shape index (κ2) is 7.90. The Bertz CT molecular complexity index is 804. The van der Waals surface area contributed by atoms with E-state index in [1.807, 2.05) is 20.8 Å². The molecule has 24 heavy (non-hydrogen) atoms. The van der Waals surface area contributed by atoms with E-state index in [2.05, 4.69) is 16.7 Å². The lowest BCUT2D eigenvalue weighted by Gasteiger charge is -2.09. The number of ether oxygens (including phenoxy) is 1. The summed E-state index contributed by atoms with van der Waals surface area (Å²) in [6, 6.07) is 8.96. The fourth-order valence-electron chi connectivity index (χ4n) is 2.03. The number of carbonyl (C=O) groups excluding carboxylic acids is 1. The van der Waals surface area contributed by atoms with Crippen LogP contribution in [0, 0.1) is 25.2 Å². The van der Waals surface area contributed by atoms with E-state index >= 15 is 0 Å². The van der Waals surface area contributed by atoms with Crippen LogP contribution >= 0.6 is 23.6 Å². The standard InChI is InChI=1S/C17H17N3O2S2/c1-4-22-13-7-5-12(6-8-13)15(21)19-17(23)20-16-14(9-18)10(2)11(3)24-16/h5-8H,4H2,1-3H3,(H2,19,20,21,23). The fraction of sp³-hybridized carbons (Fsp3) is 0.235. The number of carbonyl (C=O) groups is 1. The third-order valence-corrected chi connectivity index (χ3v) is 4.71. The molecule has 1 amide bonds. The van der Waals surface area contributed by atoms with E-state index in [0.29, 0.717) is 28.5 Å². The maximum Gasteiger partial charge on any atom is 0.257 e. The lowest BCUT2D eigenvalue weighted by Crippen LogP contribution is -2.34. The molecule has 2 rings (SSSR count). The Balaban J connectivity index is 2.03. The van der Waals surface area contributed by atoms with Gasteiger partial charge in [-0.3, -0.25) is 10.1 Å². The van der Waals surface area contributed by atoms with Gasteiger partial charge in [-0.15, -0.1) is 11.3 Å². The average Bonchev–Trinajstić information content (AvgIpc) is 2.81. The molecule has 1 aromatic carbocycles. The number of benzene rings is 1. The van der Waals surface area contributed by atoms with Gasteiger partial charge in [0, 0.05) is 10.4 Å². The summed E-state index contributed by atoms with van der Waals surface area (Å²) in [6.45, 7) is 6.29. The van der Waals surface area contributed by atoms with E-state index in [0.717, 1.165) is 10.4 Å². The molecule has 0 atom stereocenters. The van der Waals surface area contributed by atoms with Crippen molar-refractivity contribution in [1.82, 2.24) is 5.32 Å². The van der Waals surface area contributed by atoms with Crippen LogP contribution in [0.3, 0.4) is 0 Å². The minimum Gasteiger partial charge on any atom is -0.494 e. The highest BCUT2D eigenvalue weighted by molar-refractivity contribution is 7.80. The minimum atomic E-state index is -0.320. The van der Waals surface area contributed by atoms with Gasteiger partial charge in [0.25, 0.3) is 5.91 Å². The van der Waals surface area contributed by atoms with Crippen LogP contribution in [0.2, 0.25) is 0 Å². The molecule has 2 aromatic rings. The summed E-state index contributed by atoms with van der Waals surface area (Å²) in [5.74, 6) is 0.386. The molecule has 0 aliphatic heterocycles. The summed E-state index contributed by atoms with van der Waals surface area (Å²) < 4.78 is 5.34. The lowest BCUT2D eigenvalue weighted by molar-refractivity contribution is 0.0977. The SMILES string of the molecule is CCOc1ccc(C(=O)NC(=S)Nc2sc(C)c(C)c2C#N)cc1. The third-order valence-electron chi connectivity index (χ3n) is 3.38. The normalized spacial score (nSPS) is 9.92. The van der Waals surface area contributed by atoms with Gasteiger partial charge in [-0.2, -0.15) is 5.26 Å². The molecule has 0 saturated heterocycles. The fourth-order valence-corrected chi connectivity index (χ4v) is 3.30. The summed E-state index contributed by atoms with van der Waals surface area (Å²) in [6.07, 6.45) is 0. The third kappa shape index (κ3) is 4.10. The second-order valence-corrected chi connectivity index (χ2v) is 6.60. The van der Waals surface area contributed by atoms with E-state index in [4.69, 9.17) is 17.0 Å².